The summed E-state index contributed by atoms with van der Waals surface area (Å²) >= 11 is 0. The van der Waals surface area contributed by atoms with Gasteiger partial charge in [-0.1, -0.05) is 33.8 Å². The highest BCUT2D eigenvalue weighted by Crippen LogP contribution is 2.34. The van der Waals surface area contributed by atoms with Crippen molar-refractivity contribution in [2.24, 2.45) is 0 Å². The molecule has 0 saturated carbocycles. The van der Waals surface area contributed by atoms with Crippen molar-refractivity contribution < 1.29 is 14.6 Å². The van der Waals surface area contributed by atoms with Gasteiger partial charge in [0.2, 0.25) is 0 Å². The summed E-state index contributed by atoms with van der Waals surface area (Å²) in [6.45, 7) is 10.9. The van der Waals surface area contributed by atoms with E-state index in [1.165, 1.54) is 6.08 Å². The van der Waals surface area contributed by atoms with Crippen LogP contribution in [0.25, 0.3) is 5.57 Å². The molecule has 0 aliphatic rings. The largest absolute Gasteiger partial charge is 0.494 e. The Balaban J connectivity index is 3.35. The van der Waals surface area contributed by atoms with Gasteiger partial charge in [0.15, 0.2) is 0 Å². The molecular formula is C17H24O3. The summed E-state index contributed by atoms with van der Waals surface area (Å²) in [5, 5.41) is 8.94. The molecule has 0 amide bonds. The van der Waals surface area contributed by atoms with Crippen molar-refractivity contribution in [1.29, 1.82) is 0 Å². The predicted molar refractivity (Wildman–Crippen MR) is 82.2 cm³/mol. The minimum Gasteiger partial charge on any atom is -0.494 e. The Morgan fingerprint density at radius 3 is 2.40 bits per heavy atom. The molecular weight excluding hydrogens is 252 g/mol. The van der Waals surface area contributed by atoms with Gasteiger partial charge in [0, 0.05) is 11.6 Å². The summed E-state index contributed by atoms with van der Waals surface area (Å²) in [6, 6.07) is 5.91. The number of carboxylic acids is 1. The highest BCUT2D eigenvalue weighted by atomic mass is 16.5. The molecule has 20 heavy (non-hydrogen) atoms. The molecule has 3 nitrogen and oxygen atoms in total. The van der Waals surface area contributed by atoms with Crippen molar-refractivity contribution in [3.05, 3.63) is 35.4 Å². The molecule has 0 radical (unpaired) electrons. The maximum atomic E-state index is 10.9. The first kappa shape index (κ1) is 16.3. The van der Waals surface area contributed by atoms with Gasteiger partial charge in [0.1, 0.15) is 5.75 Å². The van der Waals surface area contributed by atoms with Gasteiger partial charge >= 0.3 is 5.97 Å². The van der Waals surface area contributed by atoms with E-state index in [0.717, 1.165) is 22.4 Å². The van der Waals surface area contributed by atoms with E-state index in [2.05, 4.69) is 20.8 Å². The zero-order chi connectivity index (χ0) is 15.3. The second-order valence-electron chi connectivity index (χ2n) is 5.76. The summed E-state index contributed by atoms with van der Waals surface area (Å²) in [4.78, 5) is 10.9. The van der Waals surface area contributed by atoms with Gasteiger partial charge in [-0.25, -0.2) is 4.79 Å². The Bertz CT molecular complexity index is 507. The Morgan fingerprint density at radius 1 is 1.30 bits per heavy atom. The molecule has 0 atom stereocenters. The molecule has 3 heteroatoms. The standard InChI is InChI=1S/C17H24O3/c1-6-12(11-16(18)19)13-8-9-15(20-7-2)14(10-13)17(3,4)5/h8-11H,6-7H2,1-5H3,(H,18,19)/b12-11+. The third-order valence-electron chi connectivity index (χ3n) is 3.14. The lowest BCUT2D eigenvalue weighted by atomic mass is 9.84. The van der Waals surface area contributed by atoms with E-state index in [4.69, 9.17) is 9.84 Å². The lowest BCUT2D eigenvalue weighted by molar-refractivity contribution is -0.131. The van der Waals surface area contributed by atoms with E-state index in [9.17, 15) is 4.79 Å². The first-order valence-electron chi connectivity index (χ1n) is 7.00. The number of carboxylic acid groups (broad SMARTS) is 1. The van der Waals surface area contributed by atoms with Gasteiger partial charge in [-0.3, -0.25) is 0 Å². The average Bonchev–Trinajstić information content (AvgIpc) is 2.35. The molecule has 0 saturated heterocycles. The number of aliphatic carboxylic acids is 1. The number of hydrogen-bond donors (Lipinski definition) is 1. The maximum Gasteiger partial charge on any atom is 0.328 e. The normalized spacial score (nSPS) is 12.3. The zero-order valence-electron chi connectivity index (χ0n) is 13.0. The molecule has 1 aromatic carbocycles. The lowest BCUT2D eigenvalue weighted by Gasteiger charge is -2.24. The van der Waals surface area contributed by atoms with Crippen molar-refractivity contribution in [2.75, 3.05) is 6.61 Å². The van der Waals surface area contributed by atoms with Crippen LogP contribution in [0.3, 0.4) is 0 Å². The zero-order valence-corrected chi connectivity index (χ0v) is 13.0. The molecule has 0 bridgehead atoms. The average molecular weight is 276 g/mol. The molecule has 1 rings (SSSR count). The fourth-order valence-electron chi connectivity index (χ4n) is 2.14. The quantitative estimate of drug-likeness (QED) is 0.817. The van der Waals surface area contributed by atoms with Crippen LogP contribution in [-0.2, 0) is 10.2 Å². The van der Waals surface area contributed by atoms with Gasteiger partial charge < -0.3 is 9.84 Å². The molecule has 0 unspecified atom stereocenters. The van der Waals surface area contributed by atoms with Gasteiger partial charge in [-0.15, -0.1) is 0 Å². The summed E-state index contributed by atoms with van der Waals surface area (Å²) in [5.41, 5.74) is 2.82. The minimum atomic E-state index is -0.909. The van der Waals surface area contributed by atoms with Crippen LogP contribution >= 0.6 is 0 Å². The smallest absolute Gasteiger partial charge is 0.328 e. The number of carbonyl (C=O) groups is 1. The van der Waals surface area contributed by atoms with E-state index in [-0.39, 0.29) is 5.41 Å². The topological polar surface area (TPSA) is 46.5 Å². The van der Waals surface area contributed by atoms with Crippen LogP contribution in [0.2, 0.25) is 0 Å². The number of ether oxygens (including phenoxy) is 1. The molecule has 0 aliphatic carbocycles. The Labute approximate surface area is 121 Å². The van der Waals surface area contributed by atoms with Crippen LogP contribution in [0.1, 0.15) is 52.2 Å². The van der Waals surface area contributed by atoms with E-state index < -0.39 is 5.97 Å². The van der Waals surface area contributed by atoms with Crippen LogP contribution in [0, 0.1) is 0 Å². The maximum absolute atomic E-state index is 10.9. The summed E-state index contributed by atoms with van der Waals surface area (Å²) in [7, 11) is 0. The number of benzene rings is 1. The number of hydrogen-bond acceptors (Lipinski definition) is 2. The van der Waals surface area contributed by atoms with Crippen LogP contribution in [0.15, 0.2) is 24.3 Å². The molecule has 1 aromatic rings. The van der Waals surface area contributed by atoms with Crippen molar-refractivity contribution >= 4 is 11.5 Å². The third-order valence-corrected chi connectivity index (χ3v) is 3.14. The second kappa shape index (κ2) is 6.60. The SMILES string of the molecule is CCOc1ccc(/C(=C/C(=O)O)CC)cc1C(C)(C)C. The fourth-order valence-corrected chi connectivity index (χ4v) is 2.14. The molecule has 0 heterocycles. The van der Waals surface area contributed by atoms with Crippen LogP contribution in [0.5, 0.6) is 5.75 Å². The van der Waals surface area contributed by atoms with Crippen molar-refractivity contribution in [3.8, 4) is 5.75 Å². The first-order valence-corrected chi connectivity index (χ1v) is 7.00. The van der Waals surface area contributed by atoms with Crippen molar-refractivity contribution in [3.63, 3.8) is 0 Å². The van der Waals surface area contributed by atoms with Crippen molar-refractivity contribution in [1.82, 2.24) is 0 Å². The van der Waals surface area contributed by atoms with Gasteiger partial charge in [-0.2, -0.15) is 0 Å². The van der Waals surface area contributed by atoms with Crippen molar-refractivity contribution in [2.45, 2.75) is 46.5 Å². The molecule has 0 spiro atoms. The number of rotatable bonds is 5. The van der Waals surface area contributed by atoms with Gasteiger partial charge in [0.05, 0.1) is 6.61 Å². The van der Waals surface area contributed by atoms with E-state index in [0.29, 0.717) is 13.0 Å². The summed E-state index contributed by atoms with van der Waals surface area (Å²) in [6.07, 6.45) is 1.96. The van der Waals surface area contributed by atoms with Gasteiger partial charge in [-0.05, 0) is 42.0 Å². The fraction of sp³-hybridized carbons (Fsp3) is 0.471. The molecule has 0 aliphatic heterocycles. The van der Waals surface area contributed by atoms with Crippen LogP contribution in [-0.4, -0.2) is 17.7 Å². The summed E-state index contributed by atoms with van der Waals surface area (Å²) in [5.74, 6) is -0.0393. The van der Waals surface area contributed by atoms with Crippen LogP contribution < -0.4 is 4.74 Å². The molecule has 1 N–H and O–H groups in total. The predicted octanol–water partition coefficient (Wildman–Crippen LogP) is 4.26. The number of allylic oxidation sites excluding steroid dienone is 1. The van der Waals surface area contributed by atoms with Gasteiger partial charge in [0.25, 0.3) is 0 Å². The highest BCUT2D eigenvalue weighted by molar-refractivity contribution is 5.90. The molecule has 0 aromatic heterocycles. The highest BCUT2D eigenvalue weighted by Gasteiger charge is 2.20. The monoisotopic (exact) mass is 276 g/mol. The molecule has 110 valence electrons. The summed E-state index contributed by atoms with van der Waals surface area (Å²) < 4.78 is 5.68. The molecule has 0 fully saturated rings. The lowest BCUT2D eigenvalue weighted by Crippen LogP contribution is -2.14. The minimum absolute atomic E-state index is 0.0530. The first-order chi connectivity index (χ1) is 9.29. The Hall–Kier alpha value is -1.77. The van der Waals surface area contributed by atoms with E-state index in [1.54, 1.807) is 0 Å². The third kappa shape index (κ3) is 4.12. The Morgan fingerprint density at radius 2 is 1.95 bits per heavy atom. The van der Waals surface area contributed by atoms with E-state index >= 15 is 0 Å². The second-order valence-corrected chi connectivity index (χ2v) is 5.76. The Kier molecular flexibility index (Phi) is 5.37. The van der Waals surface area contributed by atoms with Crippen LogP contribution in [0.4, 0.5) is 0 Å². The van der Waals surface area contributed by atoms with E-state index in [1.807, 2.05) is 32.0 Å².